The van der Waals surface area contributed by atoms with Crippen LogP contribution >= 0.6 is 0 Å². The molecular formula is C30H48O4. The number of fused-ring (bicyclic) bond motifs is 8. The number of aliphatic hydroxyl groups is 3. The first kappa shape index (κ1) is 23.9. The standard InChI is InChI=1S/C30H48O4/c1-25(2)20-9-12-28(5)21(27(20,4)11-10-22(25)31)8-7-18-19-15-26(3)13-14-30(19,17-34-24(26)33)23(32)16-29(18,28)6/h7,19-24,31-33H,8-17H2,1-6H3/t19-,20-,21+,22-,23+,24?,26+,27-,28+,29+,30+/m0/s1. The highest BCUT2D eigenvalue weighted by Gasteiger charge is 2.70. The van der Waals surface area contributed by atoms with Gasteiger partial charge in [-0.15, -0.1) is 0 Å². The van der Waals surface area contributed by atoms with Gasteiger partial charge in [0.1, 0.15) is 0 Å². The lowest BCUT2D eigenvalue weighted by atomic mass is 9.33. The largest absolute Gasteiger partial charge is 0.393 e. The van der Waals surface area contributed by atoms with E-state index in [4.69, 9.17) is 4.74 Å². The lowest BCUT2D eigenvalue weighted by Crippen LogP contribution is -2.66. The molecule has 4 nitrogen and oxygen atoms in total. The molecule has 11 atom stereocenters. The van der Waals surface area contributed by atoms with Crippen molar-refractivity contribution < 1.29 is 20.1 Å². The number of hydrogen-bond donors (Lipinski definition) is 3. The summed E-state index contributed by atoms with van der Waals surface area (Å²) in [5, 5.41) is 33.6. The van der Waals surface area contributed by atoms with Crippen LogP contribution in [-0.4, -0.2) is 40.4 Å². The molecule has 4 heteroatoms. The predicted molar refractivity (Wildman–Crippen MR) is 133 cm³/mol. The van der Waals surface area contributed by atoms with Gasteiger partial charge in [0.05, 0.1) is 18.8 Å². The van der Waals surface area contributed by atoms with Crippen LogP contribution in [0, 0.1) is 50.2 Å². The summed E-state index contributed by atoms with van der Waals surface area (Å²) in [5.41, 5.74) is 1.38. The van der Waals surface area contributed by atoms with Crippen LogP contribution in [0.25, 0.3) is 0 Å². The smallest absolute Gasteiger partial charge is 0.159 e. The van der Waals surface area contributed by atoms with E-state index in [0.29, 0.717) is 24.4 Å². The third-order valence-electron chi connectivity index (χ3n) is 13.8. The predicted octanol–water partition coefficient (Wildman–Crippen LogP) is 5.45. The summed E-state index contributed by atoms with van der Waals surface area (Å²) in [6.07, 6.45) is 10.4. The molecule has 5 aliphatic carbocycles. The SMILES string of the molecule is CC1(C)[C@@H](O)CC[C@]2(C)[C@H]3CC=C4[C@@H]5C[C@@]6(C)CC[C@]5(COC6O)[C@H](O)C[C@@]4(C)[C@]3(C)CC[C@@H]12. The molecule has 4 saturated carbocycles. The number of rotatable bonds is 0. The second kappa shape index (κ2) is 6.91. The lowest BCUT2D eigenvalue weighted by Gasteiger charge is -2.71. The Morgan fingerprint density at radius 2 is 1.56 bits per heavy atom. The number of ether oxygens (including phenoxy) is 1. The van der Waals surface area contributed by atoms with Crippen LogP contribution in [-0.2, 0) is 4.74 Å². The van der Waals surface area contributed by atoms with Crippen molar-refractivity contribution in [2.75, 3.05) is 6.61 Å². The van der Waals surface area contributed by atoms with Gasteiger partial charge in [0.2, 0.25) is 0 Å². The van der Waals surface area contributed by atoms with E-state index >= 15 is 0 Å². The maximum absolute atomic E-state index is 11.9. The van der Waals surface area contributed by atoms with Crippen LogP contribution in [0.1, 0.15) is 99.3 Å². The average molecular weight is 473 g/mol. The second-order valence-electron chi connectivity index (χ2n) is 15.2. The number of hydrogen-bond acceptors (Lipinski definition) is 4. The van der Waals surface area contributed by atoms with Gasteiger partial charge in [-0.25, -0.2) is 0 Å². The Bertz CT molecular complexity index is 907. The summed E-state index contributed by atoms with van der Waals surface area (Å²) >= 11 is 0. The van der Waals surface area contributed by atoms with Crippen molar-refractivity contribution in [3.8, 4) is 0 Å². The van der Waals surface area contributed by atoms with Gasteiger partial charge >= 0.3 is 0 Å². The highest BCUT2D eigenvalue weighted by Crippen LogP contribution is 2.76. The summed E-state index contributed by atoms with van der Waals surface area (Å²) in [7, 11) is 0. The van der Waals surface area contributed by atoms with Crippen molar-refractivity contribution in [2.45, 2.75) is 118 Å². The van der Waals surface area contributed by atoms with Crippen molar-refractivity contribution in [2.24, 2.45) is 50.2 Å². The molecule has 0 aromatic carbocycles. The summed E-state index contributed by atoms with van der Waals surface area (Å²) < 4.78 is 6.03. The van der Waals surface area contributed by atoms with E-state index < -0.39 is 6.29 Å². The highest BCUT2D eigenvalue weighted by molar-refractivity contribution is 5.35. The Hall–Kier alpha value is -0.420. The molecule has 2 aliphatic heterocycles. The van der Waals surface area contributed by atoms with E-state index in [1.807, 2.05) is 0 Å². The number of aliphatic hydroxyl groups excluding tert-OH is 3. The molecule has 7 aliphatic rings. The summed E-state index contributed by atoms with van der Waals surface area (Å²) in [6.45, 7) is 14.8. The van der Waals surface area contributed by atoms with Crippen LogP contribution in [0.3, 0.4) is 0 Å². The van der Waals surface area contributed by atoms with Gasteiger partial charge in [-0.3, -0.25) is 0 Å². The third kappa shape index (κ3) is 2.60. The first-order chi connectivity index (χ1) is 15.7. The summed E-state index contributed by atoms with van der Waals surface area (Å²) in [5.74, 6) is 1.41. The molecule has 2 bridgehead atoms. The van der Waals surface area contributed by atoms with Gasteiger partial charge in [-0.1, -0.05) is 53.2 Å². The lowest BCUT2D eigenvalue weighted by molar-refractivity contribution is -0.215. The van der Waals surface area contributed by atoms with Gasteiger partial charge < -0.3 is 20.1 Å². The molecular weight excluding hydrogens is 424 g/mol. The fourth-order valence-corrected chi connectivity index (χ4v) is 11.2. The van der Waals surface area contributed by atoms with Gasteiger partial charge in [-0.2, -0.15) is 0 Å². The van der Waals surface area contributed by atoms with Crippen LogP contribution in [0.15, 0.2) is 11.6 Å². The van der Waals surface area contributed by atoms with Gasteiger partial charge in [0.15, 0.2) is 6.29 Å². The van der Waals surface area contributed by atoms with Crippen molar-refractivity contribution in [1.29, 1.82) is 0 Å². The maximum atomic E-state index is 11.9. The molecule has 1 unspecified atom stereocenters. The van der Waals surface area contributed by atoms with Crippen LogP contribution < -0.4 is 0 Å². The van der Waals surface area contributed by atoms with Crippen molar-refractivity contribution >= 4 is 0 Å². The molecule has 7 rings (SSSR count). The normalized spacial score (nSPS) is 60.2. The molecule has 2 saturated heterocycles. The second-order valence-corrected chi connectivity index (χ2v) is 15.2. The zero-order chi connectivity index (χ0) is 24.5. The van der Waals surface area contributed by atoms with E-state index in [2.05, 4.69) is 47.6 Å². The quantitative estimate of drug-likeness (QED) is 0.410. The maximum Gasteiger partial charge on any atom is 0.159 e. The Kier molecular flexibility index (Phi) is 4.87. The summed E-state index contributed by atoms with van der Waals surface area (Å²) in [4.78, 5) is 0. The van der Waals surface area contributed by atoms with Gasteiger partial charge in [-0.05, 0) is 97.2 Å². The Morgan fingerprint density at radius 1 is 0.824 bits per heavy atom. The van der Waals surface area contributed by atoms with Gasteiger partial charge in [0, 0.05) is 10.8 Å². The topological polar surface area (TPSA) is 69.9 Å². The molecule has 192 valence electrons. The first-order valence-electron chi connectivity index (χ1n) is 14.1. The van der Waals surface area contributed by atoms with E-state index in [-0.39, 0.29) is 44.7 Å². The zero-order valence-electron chi connectivity index (χ0n) is 22.4. The minimum absolute atomic E-state index is 0.0365. The monoisotopic (exact) mass is 472 g/mol. The number of allylic oxidation sites excluding steroid dienone is 2. The molecule has 2 heterocycles. The van der Waals surface area contributed by atoms with Crippen LogP contribution in [0.5, 0.6) is 0 Å². The van der Waals surface area contributed by atoms with E-state index in [1.54, 1.807) is 5.57 Å². The van der Waals surface area contributed by atoms with Crippen LogP contribution in [0.2, 0.25) is 0 Å². The fourth-order valence-electron chi connectivity index (χ4n) is 11.2. The zero-order valence-corrected chi connectivity index (χ0v) is 22.4. The molecule has 0 radical (unpaired) electrons. The van der Waals surface area contributed by atoms with Crippen molar-refractivity contribution in [1.82, 2.24) is 0 Å². The third-order valence-corrected chi connectivity index (χ3v) is 13.8. The fraction of sp³-hybridized carbons (Fsp3) is 0.933. The van der Waals surface area contributed by atoms with E-state index in [0.717, 1.165) is 44.9 Å². The Morgan fingerprint density at radius 3 is 2.29 bits per heavy atom. The average Bonchev–Trinajstić information content (AvgIpc) is 2.96. The summed E-state index contributed by atoms with van der Waals surface area (Å²) in [6, 6.07) is 0. The molecule has 0 aromatic heterocycles. The minimum Gasteiger partial charge on any atom is -0.393 e. The van der Waals surface area contributed by atoms with Crippen molar-refractivity contribution in [3.05, 3.63) is 11.6 Å². The Balaban J connectivity index is 1.45. The van der Waals surface area contributed by atoms with Crippen LogP contribution in [0.4, 0.5) is 0 Å². The first-order valence-corrected chi connectivity index (χ1v) is 14.1. The van der Waals surface area contributed by atoms with E-state index in [9.17, 15) is 15.3 Å². The molecule has 0 amide bonds. The molecule has 34 heavy (non-hydrogen) atoms. The minimum atomic E-state index is -0.728. The van der Waals surface area contributed by atoms with E-state index in [1.165, 1.54) is 12.8 Å². The molecule has 1 spiro atoms. The molecule has 6 fully saturated rings. The highest BCUT2D eigenvalue weighted by atomic mass is 16.6. The van der Waals surface area contributed by atoms with Crippen molar-refractivity contribution in [3.63, 3.8) is 0 Å². The molecule has 0 aromatic rings. The molecule has 3 N–H and O–H groups in total. The van der Waals surface area contributed by atoms with Gasteiger partial charge in [0.25, 0.3) is 0 Å². The Labute approximate surface area is 206 Å².